The third-order valence-corrected chi connectivity index (χ3v) is 0.998. The van der Waals surface area contributed by atoms with Gasteiger partial charge in [0.15, 0.2) is 11.5 Å². The largest absolute Gasteiger partial charge is 0.476 e. The molecule has 6 nitrogen and oxygen atoms in total. The normalized spacial score (nSPS) is 9.18. The van der Waals surface area contributed by atoms with Crippen LogP contribution in [-0.2, 0) is 0 Å². The number of carbonyl (C=O) groups is 1. The van der Waals surface area contributed by atoms with Crippen LogP contribution < -0.4 is 5.48 Å². The molecule has 11 heavy (non-hydrogen) atoms. The van der Waals surface area contributed by atoms with Gasteiger partial charge in [-0.3, -0.25) is 10.7 Å². The van der Waals surface area contributed by atoms with Crippen LogP contribution in [0, 0.1) is 0 Å². The van der Waals surface area contributed by atoms with Gasteiger partial charge in [0.25, 0.3) is 0 Å². The van der Waals surface area contributed by atoms with Gasteiger partial charge >= 0.3 is 5.97 Å². The summed E-state index contributed by atoms with van der Waals surface area (Å²) in [6.07, 6.45) is 0. The Balaban J connectivity index is 2.91. The molecule has 0 saturated carbocycles. The maximum atomic E-state index is 10.2. The standard InChI is InChI=1S/C5H5N3O3/c9-5(10)3-1-2-4(8-11)7-6-3/h1-2,11H,(H,7,8)(H,9,10). The van der Waals surface area contributed by atoms with E-state index < -0.39 is 5.97 Å². The lowest BCUT2D eigenvalue weighted by molar-refractivity contribution is 0.0689. The van der Waals surface area contributed by atoms with E-state index in [9.17, 15) is 4.79 Å². The van der Waals surface area contributed by atoms with Crippen molar-refractivity contribution in [3.63, 3.8) is 0 Å². The number of carboxylic acid groups (broad SMARTS) is 1. The van der Waals surface area contributed by atoms with Crippen molar-refractivity contribution in [1.82, 2.24) is 10.2 Å². The molecule has 0 amide bonds. The number of nitrogens with one attached hydrogen (secondary N) is 1. The van der Waals surface area contributed by atoms with Crippen molar-refractivity contribution in [2.75, 3.05) is 5.48 Å². The van der Waals surface area contributed by atoms with Crippen LogP contribution >= 0.6 is 0 Å². The van der Waals surface area contributed by atoms with E-state index >= 15 is 0 Å². The molecule has 0 unspecified atom stereocenters. The summed E-state index contributed by atoms with van der Waals surface area (Å²) in [4.78, 5) is 10.2. The average molecular weight is 155 g/mol. The number of carboxylic acids is 1. The van der Waals surface area contributed by atoms with E-state index in [0.717, 1.165) is 0 Å². The van der Waals surface area contributed by atoms with Gasteiger partial charge in [0.05, 0.1) is 0 Å². The first-order valence-electron chi connectivity index (χ1n) is 2.71. The number of rotatable bonds is 2. The number of hydrogen-bond donors (Lipinski definition) is 3. The van der Waals surface area contributed by atoms with Gasteiger partial charge in [-0.15, -0.1) is 10.2 Å². The Labute approximate surface area is 61.5 Å². The molecule has 0 aliphatic heterocycles. The van der Waals surface area contributed by atoms with E-state index in [1.165, 1.54) is 12.1 Å². The monoisotopic (exact) mass is 155 g/mol. The van der Waals surface area contributed by atoms with Crippen LogP contribution in [0.15, 0.2) is 12.1 Å². The molecule has 1 heterocycles. The highest BCUT2D eigenvalue weighted by Crippen LogP contribution is 1.99. The molecule has 58 valence electrons. The Kier molecular flexibility index (Phi) is 1.98. The van der Waals surface area contributed by atoms with Gasteiger partial charge in [-0.1, -0.05) is 0 Å². The molecule has 0 bridgehead atoms. The third kappa shape index (κ3) is 1.62. The van der Waals surface area contributed by atoms with Gasteiger partial charge in [0.1, 0.15) is 0 Å². The van der Waals surface area contributed by atoms with Crippen molar-refractivity contribution in [1.29, 1.82) is 0 Å². The molecule has 0 spiro atoms. The van der Waals surface area contributed by atoms with Gasteiger partial charge in [0, 0.05) is 0 Å². The van der Waals surface area contributed by atoms with Crippen molar-refractivity contribution in [2.24, 2.45) is 0 Å². The molecule has 0 aliphatic rings. The highest BCUT2D eigenvalue weighted by Gasteiger charge is 2.03. The van der Waals surface area contributed by atoms with E-state index in [1.54, 1.807) is 5.48 Å². The Morgan fingerprint density at radius 3 is 2.55 bits per heavy atom. The van der Waals surface area contributed by atoms with Crippen LogP contribution in [0.2, 0.25) is 0 Å². The van der Waals surface area contributed by atoms with Crippen LogP contribution in [0.4, 0.5) is 5.82 Å². The van der Waals surface area contributed by atoms with Crippen LogP contribution in [0.1, 0.15) is 10.5 Å². The second-order valence-corrected chi connectivity index (χ2v) is 1.72. The van der Waals surface area contributed by atoms with Crippen LogP contribution in [0.25, 0.3) is 0 Å². The fraction of sp³-hybridized carbons (Fsp3) is 0. The minimum atomic E-state index is -1.15. The minimum Gasteiger partial charge on any atom is -0.476 e. The molecule has 0 aromatic carbocycles. The SMILES string of the molecule is O=C(O)c1ccc(NO)nn1. The fourth-order valence-corrected chi connectivity index (χ4v) is 0.506. The lowest BCUT2D eigenvalue weighted by atomic mass is 10.4. The quantitative estimate of drug-likeness (QED) is 0.519. The molecular weight excluding hydrogens is 150 g/mol. The zero-order valence-electron chi connectivity index (χ0n) is 5.35. The van der Waals surface area contributed by atoms with Crippen LogP contribution in [-0.4, -0.2) is 26.5 Å². The fourth-order valence-electron chi connectivity index (χ4n) is 0.506. The van der Waals surface area contributed by atoms with Gasteiger partial charge in [-0.2, -0.15) is 0 Å². The van der Waals surface area contributed by atoms with Crippen molar-refractivity contribution in [2.45, 2.75) is 0 Å². The third-order valence-electron chi connectivity index (χ3n) is 0.998. The van der Waals surface area contributed by atoms with Crippen molar-refractivity contribution >= 4 is 11.8 Å². The topological polar surface area (TPSA) is 95.3 Å². The highest BCUT2D eigenvalue weighted by molar-refractivity contribution is 5.85. The summed E-state index contributed by atoms with van der Waals surface area (Å²) >= 11 is 0. The number of nitrogens with zero attached hydrogens (tertiary/aromatic N) is 2. The number of aromatic carboxylic acids is 1. The molecule has 3 N–H and O–H groups in total. The minimum absolute atomic E-state index is 0.106. The predicted octanol–water partition coefficient (Wildman–Crippen LogP) is -0.0241. The molecule has 1 rings (SSSR count). The Hall–Kier alpha value is -1.69. The molecule has 1 aromatic rings. The number of anilines is 1. The smallest absolute Gasteiger partial charge is 0.356 e. The number of aromatic nitrogens is 2. The maximum Gasteiger partial charge on any atom is 0.356 e. The molecule has 0 aliphatic carbocycles. The van der Waals surface area contributed by atoms with Gasteiger partial charge in [-0.05, 0) is 12.1 Å². The Morgan fingerprint density at radius 1 is 1.45 bits per heavy atom. The summed E-state index contributed by atoms with van der Waals surface area (Å²) in [5.41, 5.74) is 1.56. The molecule has 0 radical (unpaired) electrons. The summed E-state index contributed by atoms with van der Waals surface area (Å²) < 4.78 is 0. The van der Waals surface area contributed by atoms with E-state index in [4.69, 9.17) is 10.3 Å². The second-order valence-electron chi connectivity index (χ2n) is 1.72. The zero-order valence-corrected chi connectivity index (χ0v) is 5.35. The average Bonchev–Trinajstić information content (AvgIpc) is 2.05. The highest BCUT2D eigenvalue weighted by atomic mass is 16.5. The Morgan fingerprint density at radius 2 is 2.18 bits per heavy atom. The van der Waals surface area contributed by atoms with Gasteiger partial charge in [-0.25, -0.2) is 4.79 Å². The summed E-state index contributed by atoms with van der Waals surface area (Å²) in [5, 5.41) is 23.2. The molecule has 0 atom stereocenters. The van der Waals surface area contributed by atoms with Crippen LogP contribution in [0.5, 0.6) is 0 Å². The first-order chi connectivity index (χ1) is 5.24. The van der Waals surface area contributed by atoms with Gasteiger partial charge in [0.2, 0.25) is 0 Å². The maximum absolute atomic E-state index is 10.2. The molecular formula is C5H5N3O3. The molecule has 1 aromatic heterocycles. The first kappa shape index (κ1) is 7.42. The summed E-state index contributed by atoms with van der Waals surface area (Å²) in [5.74, 6) is -1.04. The zero-order chi connectivity index (χ0) is 8.27. The van der Waals surface area contributed by atoms with Crippen LogP contribution in [0.3, 0.4) is 0 Å². The van der Waals surface area contributed by atoms with E-state index in [2.05, 4.69) is 10.2 Å². The summed E-state index contributed by atoms with van der Waals surface area (Å²) in [6, 6.07) is 2.53. The summed E-state index contributed by atoms with van der Waals surface area (Å²) in [7, 11) is 0. The molecule has 0 saturated heterocycles. The molecule has 0 fully saturated rings. The second kappa shape index (κ2) is 2.93. The van der Waals surface area contributed by atoms with Crippen molar-refractivity contribution in [3.8, 4) is 0 Å². The lowest BCUT2D eigenvalue weighted by Crippen LogP contribution is -2.03. The van der Waals surface area contributed by atoms with E-state index in [0.29, 0.717) is 0 Å². The first-order valence-corrected chi connectivity index (χ1v) is 2.71. The Bertz CT molecular complexity index is 258. The number of hydrogen-bond acceptors (Lipinski definition) is 5. The van der Waals surface area contributed by atoms with Crippen molar-refractivity contribution in [3.05, 3.63) is 17.8 Å². The van der Waals surface area contributed by atoms with Crippen molar-refractivity contribution < 1.29 is 15.1 Å². The van der Waals surface area contributed by atoms with Gasteiger partial charge < -0.3 is 5.11 Å². The predicted molar refractivity (Wildman–Crippen MR) is 34.4 cm³/mol. The molecule has 6 heteroatoms. The van der Waals surface area contributed by atoms with E-state index in [1.807, 2.05) is 0 Å². The lowest BCUT2D eigenvalue weighted by Gasteiger charge is -1.94. The van der Waals surface area contributed by atoms with E-state index in [-0.39, 0.29) is 11.5 Å². The summed E-state index contributed by atoms with van der Waals surface area (Å²) in [6.45, 7) is 0.